The molecule has 2 heterocycles. The molecular formula is C8H8N6O. The van der Waals surface area contributed by atoms with Crippen molar-refractivity contribution in [2.24, 2.45) is 0 Å². The summed E-state index contributed by atoms with van der Waals surface area (Å²) in [5.74, 6) is 0.0397. The lowest BCUT2D eigenvalue weighted by Crippen LogP contribution is -2.15. The van der Waals surface area contributed by atoms with Gasteiger partial charge in [0.15, 0.2) is 0 Å². The van der Waals surface area contributed by atoms with E-state index in [9.17, 15) is 4.79 Å². The number of tetrazole rings is 1. The van der Waals surface area contributed by atoms with Crippen LogP contribution in [0.5, 0.6) is 0 Å². The summed E-state index contributed by atoms with van der Waals surface area (Å²) in [5.41, 5.74) is 0.870. The molecule has 0 radical (unpaired) electrons. The Morgan fingerprint density at radius 2 is 2.40 bits per heavy atom. The molecule has 0 bridgehead atoms. The van der Waals surface area contributed by atoms with Crippen LogP contribution in [0.2, 0.25) is 0 Å². The van der Waals surface area contributed by atoms with Crippen LogP contribution in [-0.2, 0) is 0 Å². The van der Waals surface area contributed by atoms with Crippen LogP contribution in [0.25, 0.3) is 0 Å². The topological polar surface area (TPSA) is 96.5 Å². The molecule has 0 aliphatic heterocycles. The zero-order chi connectivity index (χ0) is 10.7. The first-order valence-electron chi connectivity index (χ1n) is 4.24. The number of carbonyl (C=O) groups excluding carboxylic acids is 1. The molecule has 0 fully saturated rings. The van der Waals surface area contributed by atoms with Gasteiger partial charge in [0.1, 0.15) is 5.82 Å². The number of aromatic nitrogens is 5. The molecular weight excluding hydrogens is 196 g/mol. The van der Waals surface area contributed by atoms with E-state index in [1.54, 1.807) is 12.3 Å². The predicted octanol–water partition coefficient (Wildman–Crippen LogP) is 0.155. The molecule has 2 aromatic heterocycles. The normalized spacial score (nSPS) is 9.93. The number of carbonyl (C=O) groups is 1. The van der Waals surface area contributed by atoms with Gasteiger partial charge in [-0.15, -0.1) is 10.2 Å². The number of rotatable bonds is 2. The maximum Gasteiger partial charge on any atom is 0.298 e. The van der Waals surface area contributed by atoms with E-state index in [0.29, 0.717) is 5.82 Å². The molecule has 76 valence electrons. The van der Waals surface area contributed by atoms with Crippen LogP contribution in [0.4, 0.5) is 5.82 Å². The van der Waals surface area contributed by atoms with E-state index in [-0.39, 0.29) is 5.82 Å². The van der Waals surface area contributed by atoms with Gasteiger partial charge in [0.2, 0.25) is 0 Å². The van der Waals surface area contributed by atoms with Crippen molar-refractivity contribution >= 4 is 11.7 Å². The quantitative estimate of drug-likeness (QED) is 0.726. The Balaban J connectivity index is 2.17. The molecule has 15 heavy (non-hydrogen) atoms. The Kier molecular flexibility index (Phi) is 2.36. The first-order chi connectivity index (χ1) is 7.27. The Bertz CT molecular complexity index is 466. The number of amides is 1. The number of hydrogen-bond donors (Lipinski definition) is 2. The highest BCUT2D eigenvalue weighted by Gasteiger charge is 2.12. The molecule has 2 N–H and O–H groups in total. The van der Waals surface area contributed by atoms with Gasteiger partial charge in [-0.1, -0.05) is 6.07 Å². The zero-order valence-corrected chi connectivity index (χ0v) is 7.93. The average Bonchev–Trinajstić information content (AvgIpc) is 2.74. The molecule has 1 amide bonds. The van der Waals surface area contributed by atoms with Gasteiger partial charge in [-0.25, -0.2) is 4.98 Å². The van der Waals surface area contributed by atoms with E-state index in [1.807, 2.05) is 13.0 Å². The molecule has 2 aromatic rings. The van der Waals surface area contributed by atoms with Gasteiger partial charge in [0, 0.05) is 6.20 Å². The molecule has 7 nitrogen and oxygen atoms in total. The van der Waals surface area contributed by atoms with E-state index in [1.165, 1.54) is 0 Å². The predicted molar refractivity (Wildman–Crippen MR) is 51.1 cm³/mol. The Morgan fingerprint density at radius 1 is 1.53 bits per heavy atom. The third kappa shape index (κ3) is 1.96. The van der Waals surface area contributed by atoms with E-state index in [2.05, 4.69) is 30.9 Å². The number of nitrogens with one attached hydrogen (secondary N) is 2. The lowest BCUT2D eigenvalue weighted by molar-refractivity contribution is 0.101. The second-order valence-electron chi connectivity index (χ2n) is 2.86. The van der Waals surface area contributed by atoms with Crippen molar-refractivity contribution in [3.63, 3.8) is 0 Å². The van der Waals surface area contributed by atoms with Crippen LogP contribution in [0.3, 0.4) is 0 Å². The van der Waals surface area contributed by atoms with Crippen molar-refractivity contribution in [1.82, 2.24) is 25.6 Å². The number of hydrogen-bond acceptors (Lipinski definition) is 5. The van der Waals surface area contributed by atoms with Crippen LogP contribution in [0, 0.1) is 6.92 Å². The lowest BCUT2D eigenvalue weighted by Gasteiger charge is -2.03. The van der Waals surface area contributed by atoms with Crippen molar-refractivity contribution in [3.8, 4) is 0 Å². The summed E-state index contributed by atoms with van der Waals surface area (Å²) >= 11 is 0. The van der Waals surface area contributed by atoms with Crippen LogP contribution in [0.1, 0.15) is 16.2 Å². The summed E-state index contributed by atoms with van der Waals surface area (Å²) in [6, 6.07) is 3.64. The van der Waals surface area contributed by atoms with Crippen molar-refractivity contribution in [2.45, 2.75) is 6.92 Å². The second-order valence-corrected chi connectivity index (χ2v) is 2.86. The molecule has 0 aromatic carbocycles. The summed E-state index contributed by atoms with van der Waals surface area (Å²) in [6.45, 7) is 1.85. The number of aromatic amines is 1. The smallest absolute Gasteiger partial charge is 0.298 e. The zero-order valence-electron chi connectivity index (χ0n) is 7.93. The van der Waals surface area contributed by atoms with Gasteiger partial charge in [-0.05, 0) is 23.8 Å². The molecule has 0 unspecified atom stereocenters. The SMILES string of the molecule is Cc1cccnc1NC(=O)c1nn[nH]n1. The van der Waals surface area contributed by atoms with Crippen LogP contribution in [0.15, 0.2) is 18.3 Å². The Hall–Kier alpha value is -2.31. The van der Waals surface area contributed by atoms with E-state index in [4.69, 9.17) is 0 Å². The molecule has 0 spiro atoms. The lowest BCUT2D eigenvalue weighted by atomic mass is 10.3. The minimum absolute atomic E-state index is 0.0138. The number of pyridine rings is 1. The monoisotopic (exact) mass is 204 g/mol. The standard InChI is InChI=1S/C8H8N6O/c1-5-3-2-4-9-6(5)10-8(15)7-11-13-14-12-7/h2-4H,1H3,(H,9,10,15)(H,11,12,13,14). The highest BCUT2D eigenvalue weighted by molar-refractivity contribution is 6.01. The maximum atomic E-state index is 11.5. The van der Waals surface area contributed by atoms with Gasteiger partial charge in [-0.2, -0.15) is 5.21 Å². The number of aryl methyl sites for hydroxylation is 1. The molecule has 0 aliphatic rings. The number of H-pyrrole nitrogens is 1. The molecule has 0 aliphatic carbocycles. The maximum absolute atomic E-state index is 11.5. The van der Waals surface area contributed by atoms with Crippen molar-refractivity contribution in [1.29, 1.82) is 0 Å². The molecule has 2 rings (SSSR count). The second kappa shape index (κ2) is 3.82. The van der Waals surface area contributed by atoms with Gasteiger partial charge in [-0.3, -0.25) is 4.79 Å². The van der Waals surface area contributed by atoms with E-state index >= 15 is 0 Å². The van der Waals surface area contributed by atoms with E-state index in [0.717, 1.165) is 5.56 Å². The highest BCUT2D eigenvalue weighted by atomic mass is 16.2. The van der Waals surface area contributed by atoms with Gasteiger partial charge in [0.25, 0.3) is 11.7 Å². The van der Waals surface area contributed by atoms with Crippen LogP contribution in [-0.4, -0.2) is 31.5 Å². The first kappa shape index (κ1) is 9.25. The Morgan fingerprint density at radius 3 is 3.07 bits per heavy atom. The molecule has 0 saturated heterocycles. The summed E-state index contributed by atoms with van der Waals surface area (Å²) in [6.07, 6.45) is 1.60. The fourth-order valence-corrected chi connectivity index (χ4v) is 1.04. The van der Waals surface area contributed by atoms with Crippen molar-refractivity contribution in [2.75, 3.05) is 5.32 Å². The average molecular weight is 204 g/mol. The highest BCUT2D eigenvalue weighted by Crippen LogP contribution is 2.09. The largest absolute Gasteiger partial charge is 0.303 e. The summed E-state index contributed by atoms with van der Waals surface area (Å²) in [7, 11) is 0. The molecule has 7 heteroatoms. The minimum atomic E-state index is -0.439. The number of nitrogens with zero attached hydrogens (tertiary/aromatic N) is 4. The first-order valence-corrected chi connectivity index (χ1v) is 4.24. The van der Waals surface area contributed by atoms with Gasteiger partial charge >= 0.3 is 0 Å². The summed E-state index contributed by atoms with van der Waals surface area (Å²) in [5, 5.41) is 15.2. The van der Waals surface area contributed by atoms with Crippen molar-refractivity contribution < 1.29 is 4.79 Å². The molecule has 0 atom stereocenters. The van der Waals surface area contributed by atoms with E-state index < -0.39 is 5.91 Å². The third-order valence-corrected chi connectivity index (χ3v) is 1.79. The fraction of sp³-hybridized carbons (Fsp3) is 0.125. The number of anilines is 1. The minimum Gasteiger partial charge on any atom is -0.303 e. The van der Waals surface area contributed by atoms with Gasteiger partial charge in [0.05, 0.1) is 0 Å². The van der Waals surface area contributed by atoms with Crippen LogP contribution < -0.4 is 5.32 Å². The Labute approximate surface area is 84.9 Å². The summed E-state index contributed by atoms with van der Waals surface area (Å²) < 4.78 is 0. The molecule has 0 saturated carbocycles. The fourth-order valence-electron chi connectivity index (χ4n) is 1.04. The third-order valence-electron chi connectivity index (χ3n) is 1.79. The summed E-state index contributed by atoms with van der Waals surface area (Å²) in [4.78, 5) is 15.5. The van der Waals surface area contributed by atoms with Crippen molar-refractivity contribution in [3.05, 3.63) is 29.7 Å². The van der Waals surface area contributed by atoms with Crippen LogP contribution >= 0.6 is 0 Å². The van der Waals surface area contributed by atoms with Gasteiger partial charge < -0.3 is 5.32 Å².